The van der Waals surface area contributed by atoms with Gasteiger partial charge in [0.2, 0.25) is 5.91 Å². The number of hydrogen-bond donors (Lipinski definition) is 1. The van der Waals surface area contributed by atoms with Crippen LogP contribution in [0.2, 0.25) is 5.02 Å². The van der Waals surface area contributed by atoms with Gasteiger partial charge in [-0.15, -0.1) is 0 Å². The average molecular weight is 254 g/mol. The van der Waals surface area contributed by atoms with Gasteiger partial charge in [-0.1, -0.05) is 18.0 Å². The maximum Gasteiger partial charge on any atom is 0.223 e. The lowest BCUT2D eigenvalue weighted by Crippen LogP contribution is -2.34. The van der Waals surface area contributed by atoms with Crippen LogP contribution in [0.3, 0.4) is 0 Å². The zero-order valence-corrected chi connectivity index (χ0v) is 10.6. The maximum atomic E-state index is 11.7. The van der Waals surface area contributed by atoms with Crippen LogP contribution in [0.25, 0.3) is 0 Å². The van der Waals surface area contributed by atoms with E-state index in [1.54, 1.807) is 13.2 Å². The fourth-order valence-corrected chi connectivity index (χ4v) is 2.08. The second-order valence-electron chi connectivity index (χ2n) is 4.30. The second-order valence-corrected chi connectivity index (χ2v) is 4.74. The Morgan fingerprint density at radius 3 is 2.88 bits per heavy atom. The van der Waals surface area contributed by atoms with E-state index in [4.69, 9.17) is 16.3 Å². The lowest BCUT2D eigenvalue weighted by atomic mass is 9.85. The molecular formula is C13H16ClNO2. The van der Waals surface area contributed by atoms with Crippen LogP contribution in [0.1, 0.15) is 24.8 Å². The van der Waals surface area contributed by atoms with Gasteiger partial charge in [0.25, 0.3) is 0 Å². The van der Waals surface area contributed by atoms with Gasteiger partial charge in [-0.3, -0.25) is 4.79 Å². The summed E-state index contributed by atoms with van der Waals surface area (Å²) in [6, 6.07) is 5.41. The second kappa shape index (κ2) is 5.41. The Balaban J connectivity index is 1.97. The zero-order chi connectivity index (χ0) is 12.3. The lowest BCUT2D eigenvalue weighted by molar-refractivity contribution is -0.127. The molecule has 2 rings (SSSR count). The van der Waals surface area contributed by atoms with Gasteiger partial charge in [-0.2, -0.15) is 0 Å². The molecule has 1 saturated carbocycles. The van der Waals surface area contributed by atoms with Crippen molar-refractivity contribution in [2.75, 3.05) is 7.11 Å². The number of rotatable bonds is 4. The number of nitrogens with one attached hydrogen (secondary N) is 1. The van der Waals surface area contributed by atoms with Crippen LogP contribution in [-0.4, -0.2) is 13.0 Å². The van der Waals surface area contributed by atoms with E-state index < -0.39 is 0 Å². The quantitative estimate of drug-likeness (QED) is 0.896. The molecule has 1 aliphatic rings. The van der Waals surface area contributed by atoms with Crippen molar-refractivity contribution in [3.8, 4) is 5.75 Å². The standard InChI is InChI=1S/C13H16ClNO2/c1-17-12-6-5-11(14)7-10(12)8-15-13(16)9-3-2-4-9/h5-7,9H,2-4,8H2,1H3,(H,15,16). The molecule has 0 heterocycles. The molecule has 0 bridgehead atoms. The number of carbonyl (C=O) groups is 1. The fourth-order valence-electron chi connectivity index (χ4n) is 1.88. The van der Waals surface area contributed by atoms with Gasteiger partial charge in [0.15, 0.2) is 0 Å². The van der Waals surface area contributed by atoms with Crippen LogP contribution in [0.4, 0.5) is 0 Å². The minimum Gasteiger partial charge on any atom is -0.496 e. The van der Waals surface area contributed by atoms with Gasteiger partial charge < -0.3 is 10.1 Å². The Morgan fingerprint density at radius 2 is 2.29 bits per heavy atom. The molecule has 1 aliphatic carbocycles. The minimum atomic E-state index is 0.137. The van der Waals surface area contributed by atoms with Crippen molar-refractivity contribution in [2.24, 2.45) is 5.92 Å². The molecule has 1 aromatic rings. The lowest BCUT2D eigenvalue weighted by Gasteiger charge is -2.24. The van der Waals surface area contributed by atoms with Crippen LogP contribution in [0.15, 0.2) is 18.2 Å². The molecule has 3 nitrogen and oxygen atoms in total. The summed E-state index contributed by atoms with van der Waals surface area (Å²) in [5.41, 5.74) is 0.910. The van der Waals surface area contributed by atoms with E-state index >= 15 is 0 Å². The van der Waals surface area contributed by atoms with E-state index in [9.17, 15) is 4.79 Å². The summed E-state index contributed by atoms with van der Waals surface area (Å²) < 4.78 is 5.22. The molecule has 0 saturated heterocycles. The number of benzene rings is 1. The first-order chi connectivity index (χ1) is 8.20. The number of ether oxygens (including phenoxy) is 1. The van der Waals surface area contributed by atoms with E-state index in [1.165, 1.54) is 6.42 Å². The van der Waals surface area contributed by atoms with Crippen LogP contribution in [0, 0.1) is 5.92 Å². The van der Waals surface area contributed by atoms with Crippen molar-refractivity contribution >= 4 is 17.5 Å². The van der Waals surface area contributed by atoms with Crippen molar-refractivity contribution in [1.29, 1.82) is 0 Å². The fraction of sp³-hybridized carbons (Fsp3) is 0.462. The Bertz CT molecular complexity index is 416. The minimum absolute atomic E-state index is 0.137. The normalized spacial score (nSPS) is 15.2. The maximum absolute atomic E-state index is 11.7. The number of hydrogen-bond acceptors (Lipinski definition) is 2. The van der Waals surface area contributed by atoms with Crippen molar-refractivity contribution in [3.05, 3.63) is 28.8 Å². The molecule has 0 aliphatic heterocycles. The molecule has 1 N–H and O–H groups in total. The van der Waals surface area contributed by atoms with Crippen molar-refractivity contribution in [2.45, 2.75) is 25.8 Å². The predicted octanol–water partition coefficient (Wildman–Crippen LogP) is 2.76. The van der Waals surface area contributed by atoms with E-state index in [1.807, 2.05) is 12.1 Å². The Kier molecular flexibility index (Phi) is 3.89. The van der Waals surface area contributed by atoms with Gasteiger partial charge in [0.1, 0.15) is 5.75 Å². The third-order valence-corrected chi connectivity index (χ3v) is 3.41. The highest BCUT2D eigenvalue weighted by Gasteiger charge is 2.24. The Labute approximate surface area is 106 Å². The molecule has 1 aromatic carbocycles. The van der Waals surface area contributed by atoms with Gasteiger partial charge in [-0.05, 0) is 31.0 Å². The summed E-state index contributed by atoms with van der Waals surface area (Å²) in [5.74, 6) is 1.10. The van der Waals surface area contributed by atoms with Crippen LogP contribution >= 0.6 is 11.6 Å². The van der Waals surface area contributed by atoms with Gasteiger partial charge in [0, 0.05) is 23.0 Å². The van der Waals surface area contributed by atoms with E-state index in [-0.39, 0.29) is 11.8 Å². The summed E-state index contributed by atoms with van der Waals surface area (Å²) >= 11 is 5.92. The van der Waals surface area contributed by atoms with E-state index in [0.717, 1.165) is 24.2 Å². The summed E-state index contributed by atoms with van der Waals surface area (Å²) in [6.07, 6.45) is 3.19. The molecule has 0 radical (unpaired) electrons. The van der Waals surface area contributed by atoms with Crippen molar-refractivity contribution in [1.82, 2.24) is 5.32 Å². The molecule has 17 heavy (non-hydrogen) atoms. The summed E-state index contributed by atoms with van der Waals surface area (Å²) in [6.45, 7) is 0.471. The molecule has 0 unspecified atom stereocenters. The highest BCUT2D eigenvalue weighted by Crippen LogP contribution is 2.27. The van der Waals surface area contributed by atoms with Gasteiger partial charge in [-0.25, -0.2) is 0 Å². The molecule has 4 heteroatoms. The predicted molar refractivity (Wildman–Crippen MR) is 67.2 cm³/mol. The first kappa shape index (κ1) is 12.2. The number of methoxy groups -OCH3 is 1. The van der Waals surface area contributed by atoms with Crippen LogP contribution < -0.4 is 10.1 Å². The largest absolute Gasteiger partial charge is 0.496 e. The summed E-state index contributed by atoms with van der Waals surface area (Å²) in [5, 5.41) is 3.58. The van der Waals surface area contributed by atoms with E-state index in [2.05, 4.69) is 5.32 Å². The third-order valence-electron chi connectivity index (χ3n) is 3.17. The van der Waals surface area contributed by atoms with Gasteiger partial charge >= 0.3 is 0 Å². The van der Waals surface area contributed by atoms with Crippen LogP contribution in [-0.2, 0) is 11.3 Å². The Morgan fingerprint density at radius 1 is 1.53 bits per heavy atom. The number of amides is 1. The van der Waals surface area contributed by atoms with E-state index in [0.29, 0.717) is 11.6 Å². The molecule has 0 atom stereocenters. The first-order valence-corrected chi connectivity index (χ1v) is 6.18. The highest BCUT2D eigenvalue weighted by atomic mass is 35.5. The number of halogens is 1. The molecule has 1 amide bonds. The van der Waals surface area contributed by atoms with Crippen molar-refractivity contribution < 1.29 is 9.53 Å². The Hall–Kier alpha value is -1.22. The summed E-state index contributed by atoms with van der Waals surface area (Å²) in [4.78, 5) is 11.7. The van der Waals surface area contributed by atoms with Crippen molar-refractivity contribution in [3.63, 3.8) is 0 Å². The summed E-state index contributed by atoms with van der Waals surface area (Å²) in [7, 11) is 1.61. The van der Waals surface area contributed by atoms with Crippen LogP contribution in [0.5, 0.6) is 5.75 Å². The molecule has 0 aromatic heterocycles. The molecule has 0 spiro atoms. The topological polar surface area (TPSA) is 38.3 Å². The van der Waals surface area contributed by atoms with Gasteiger partial charge in [0.05, 0.1) is 7.11 Å². The number of carbonyl (C=O) groups excluding carboxylic acids is 1. The zero-order valence-electron chi connectivity index (χ0n) is 9.83. The molecule has 92 valence electrons. The molecule has 1 fully saturated rings. The molecular weight excluding hydrogens is 238 g/mol. The first-order valence-electron chi connectivity index (χ1n) is 5.81. The monoisotopic (exact) mass is 253 g/mol. The third kappa shape index (κ3) is 2.91. The smallest absolute Gasteiger partial charge is 0.223 e. The average Bonchev–Trinajstić information content (AvgIpc) is 2.24. The highest BCUT2D eigenvalue weighted by molar-refractivity contribution is 6.30. The SMILES string of the molecule is COc1ccc(Cl)cc1CNC(=O)C1CCC1.